The fraction of sp³-hybridized carbons (Fsp3) is 0.750. The lowest BCUT2D eigenvalue weighted by Gasteiger charge is -2.31. The van der Waals surface area contributed by atoms with Gasteiger partial charge in [0.1, 0.15) is 0 Å². The van der Waals surface area contributed by atoms with Crippen molar-refractivity contribution < 1.29 is 18.3 Å². The molecule has 1 heterocycles. The molecule has 4 nitrogen and oxygen atoms in total. The minimum atomic E-state index is -4.38. The fourth-order valence-corrected chi connectivity index (χ4v) is 2.09. The third kappa shape index (κ3) is 4.21. The molecule has 0 aliphatic rings. The van der Waals surface area contributed by atoms with E-state index in [0.29, 0.717) is 13.0 Å². The van der Waals surface area contributed by atoms with E-state index in [1.54, 1.807) is 6.92 Å². The van der Waals surface area contributed by atoms with E-state index < -0.39 is 17.3 Å². The van der Waals surface area contributed by atoms with Gasteiger partial charge in [0.05, 0.1) is 24.4 Å². The topological polar surface area (TPSA) is 50.1 Å². The van der Waals surface area contributed by atoms with E-state index >= 15 is 0 Å². The standard InChI is InChI=1S/C12H20F3N3O/c1-4-16-11(3,8-19)5-9(2)18-7-10(6-17-18)12(13,14)15/h6-7,9,16,19H,4-5,8H2,1-3H3. The number of aromatic nitrogens is 2. The van der Waals surface area contributed by atoms with E-state index in [9.17, 15) is 18.3 Å². The lowest BCUT2D eigenvalue weighted by atomic mass is 9.94. The fourth-order valence-electron chi connectivity index (χ4n) is 2.09. The SMILES string of the molecule is CCNC(C)(CO)CC(C)n1cc(C(F)(F)F)cn1. The number of rotatable bonds is 6. The molecule has 2 unspecified atom stereocenters. The van der Waals surface area contributed by atoms with Crippen LogP contribution in [-0.2, 0) is 6.18 Å². The van der Waals surface area contributed by atoms with Crippen LogP contribution in [0.25, 0.3) is 0 Å². The minimum absolute atomic E-state index is 0.0847. The molecule has 7 heteroatoms. The van der Waals surface area contributed by atoms with E-state index in [4.69, 9.17) is 0 Å². The lowest BCUT2D eigenvalue weighted by molar-refractivity contribution is -0.137. The summed E-state index contributed by atoms with van der Waals surface area (Å²) in [6.45, 7) is 6.11. The van der Waals surface area contributed by atoms with Crippen LogP contribution in [0.3, 0.4) is 0 Å². The molecule has 19 heavy (non-hydrogen) atoms. The Hall–Kier alpha value is -1.08. The Labute approximate surface area is 110 Å². The third-order valence-corrected chi connectivity index (χ3v) is 3.08. The highest BCUT2D eigenvalue weighted by molar-refractivity contribution is 5.09. The van der Waals surface area contributed by atoms with Crippen molar-refractivity contribution in [2.75, 3.05) is 13.2 Å². The van der Waals surface area contributed by atoms with Gasteiger partial charge in [-0.3, -0.25) is 4.68 Å². The van der Waals surface area contributed by atoms with E-state index in [1.807, 2.05) is 13.8 Å². The van der Waals surface area contributed by atoms with Crippen LogP contribution in [0.5, 0.6) is 0 Å². The molecule has 0 aromatic carbocycles. The van der Waals surface area contributed by atoms with Gasteiger partial charge >= 0.3 is 6.18 Å². The number of hydrogen-bond acceptors (Lipinski definition) is 3. The van der Waals surface area contributed by atoms with Crippen molar-refractivity contribution in [1.29, 1.82) is 0 Å². The van der Waals surface area contributed by atoms with Gasteiger partial charge in [0.25, 0.3) is 0 Å². The van der Waals surface area contributed by atoms with Crippen LogP contribution in [-0.4, -0.2) is 33.6 Å². The summed E-state index contributed by atoms with van der Waals surface area (Å²) in [6, 6.07) is -0.243. The zero-order valence-corrected chi connectivity index (χ0v) is 11.3. The maximum absolute atomic E-state index is 12.5. The van der Waals surface area contributed by atoms with E-state index in [1.165, 1.54) is 4.68 Å². The second-order valence-corrected chi connectivity index (χ2v) is 5.01. The molecule has 0 radical (unpaired) electrons. The van der Waals surface area contributed by atoms with Crippen molar-refractivity contribution in [2.24, 2.45) is 0 Å². The molecular weight excluding hydrogens is 259 g/mol. The smallest absolute Gasteiger partial charge is 0.394 e. The quantitative estimate of drug-likeness (QED) is 0.839. The largest absolute Gasteiger partial charge is 0.419 e. The Bertz CT molecular complexity index is 405. The van der Waals surface area contributed by atoms with Crippen LogP contribution in [0.15, 0.2) is 12.4 Å². The molecule has 0 saturated carbocycles. The first-order valence-corrected chi connectivity index (χ1v) is 6.19. The van der Waals surface area contributed by atoms with Crippen LogP contribution < -0.4 is 5.32 Å². The predicted molar refractivity (Wildman–Crippen MR) is 65.7 cm³/mol. The molecule has 1 rings (SSSR count). The zero-order chi connectivity index (χ0) is 14.7. The highest BCUT2D eigenvalue weighted by Gasteiger charge is 2.33. The Kier molecular flexibility index (Phi) is 4.98. The molecule has 2 atom stereocenters. The van der Waals surface area contributed by atoms with Gasteiger partial charge in [-0.2, -0.15) is 18.3 Å². The molecule has 1 aromatic heterocycles. The van der Waals surface area contributed by atoms with E-state index in [-0.39, 0.29) is 12.6 Å². The molecule has 0 spiro atoms. The van der Waals surface area contributed by atoms with Gasteiger partial charge in [-0.25, -0.2) is 0 Å². The van der Waals surface area contributed by atoms with Gasteiger partial charge in [-0.15, -0.1) is 0 Å². The van der Waals surface area contributed by atoms with Gasteiger partial charge in [0.15, 0.2) is 0 Å². The summed E-state index contributed by atoms with van der Waals surface area (Å²) < 4.78 is 38.7. The molecule has 0 aliphatic carbocycles. The van der Waals surface area contributed by atoms with E-state index in [2.05, 4.69) is 10.4 Å². The Balaban J connectivity index is 2.78. The van der Waals surface area contributed by atoms with Crippen molar-refractivity contribution in [3.05, 3.63) is 18.0 Å². The number of hydrogen-bond donors (Lipinski definition) is 2. The van der Waals surface area contributed by atoms with Gasteiger partial charge in [-0.05, 0) is 26.8 Å². The summed E-state index contributed by atoms with van der Waals surface area (Å²) in [5.74, 6) is 0. The second-order valence-electron chi connectivity index (χ2n) is 5.01. The van der Waals surface area contributed by atoms with Crippen molar-refractivity contribution >= 4 is 0 Å². The number of aliphatic hydroxyl groups excluding tert-OH is 1. The zero-order valence-electron chi connectivity index (χ0n) is 11.3. The number of alkyl halides is 3. The number of nitrogens with one attached hydrogen (secondary N) is 1. The summed E-state index contributed by atoms with van der Waals surface area (Å²) in [7, 11) is 0. The van der Waals surface area contributed by atoms with Gasteiger partial charge < -0.3 is 10.4 Å². The molecule has 2 N–H and O–H groups in total. The highest BCUT2D eigenvalue weighted by Crippen LogP contribution is 2.30. The summed E-state index contributed by atoms with van der Waals surface area (Å²) in [5.41, 5.74) is -1.29. The average Bonchev–Trinajstić information content (AvgIpc) is 2.78. The number of likely N-dealkylation sites (N-methyl/N-ethyl adjacent to an activating group) is 1. The van der Waals surface area contributed by atoms with Crippen molar-refractivity contribution in [2.45, 2.75) is 44.9 Å². The lowest BCUT2D eigenvalue weighted by Crippen LogP contribution is -2.47. The summed E-state index contributed by atoms with van der Waals surface area (Å²) in [6.07, 6.45) is -2.08. The monoisotopic (exact) mass is 279 g/mol. The molecule has 0 fully saturated rings. The van der Waals surface area contributed by atoms with Crippen LogP contribution in [0.4, 0.5) is 13.2 Å². The molecular formula is C12H20F3N3O. The van der Waals surface area contributed by atoms with E-state index in [0.717, 1.165) is 12.4 Å². The van der Waals surface area contributed by atoms with Crippen LogP contribution in [0.1, 0.15) is 38.8 Å². The first kappa shape index (κ1) is 16.0. The molecule has 0 bridgehead atoms. The van der Waals surface area contributed by atoms with Gasteiger partial charge in [-0.1, -0.05) is 6.92 Å². The number of halogens is 3. The first-order valence-electron chi connectivity index (χ1n) is 6.19. The number of aliphatic hydroxyl groups is 1. The van der Waals surface area contributed by atoms with Crippen LogP contribution in [0, 0.1) is 0 Å². The summed E-state index contributed by atoms with van der Waals surface area (Å²) >= 11 is 0. The van der Waals surface area contributed by atoms with Crippen LogP contribution >= 0.6 is 0 Å². The third-order valence-electron chi connectivity index (χ3n) is 3.08. The maximum atomic E-state index is 12.5. The van der Waals surface area contributed by atoms with Gasteiger partial charge in [0, 0.05) is 11.7 Å². The maximum Gasteiger partial charge on any atom is 0.419 e. The minimum Gasteiger partial charge on any atom is -0.394 e. The molecule has 1 aromatic rings. The molecule has 0 saturated heterocycles. The molecule has 110 valence electrons. The Morgan fingerprint density at radius 3 is 2.53 bits per heavy atom. The van der Waals surface area contributed by atoms with Crippen molar-refractivity contribution in [1.82, 2.24) is 15.1 Å². The first-order chi connectivity index (χ1) is 8.72. The highest BCUT2D eigenvalue weighted by atomic mass is 19.4. The number of nitrogens with zero attached hydrogens (tertiary/aromatic N) is 2. The summed E-state index contributed by atoms with van der Waals surface area (Å²) in [4.78, 5) is 0. The normalized spacial score (nSPS) is 17.2. The summed E-state index contributed by atoms with van der Waals surface area (Å²) in [5, 5.41) is 16.3. The second kappa shape index (κ2) is 5.92. The molecule has 0 amide bonds. The molecule has 0 aliphatic heterocycles. The van der Waals surface area contributed by atoms with Gasteiger partial charge in [0.2, 0.25) is 0 Å². The van der Waals surface area contributed by atoms with Crippen molar-refractivity contribution in [3.8, 4) is 0 Å². The average molecular weight is 279 g/mol. The Morgan fingerprint density at radius 2 is 2.11 bits per heavy atom. The predicted octanol–water partition coefficient (Wildman–Crippen LogP) is 2.21. The Morgan fingerprint density at radius 1 is 1.47 bits per heavy atom. The van der Waals surface area contributed by atoms with Crippen molar-refractivity contribution in [3.63, 3.8) is 0 Å². The van der Waals surface area contributed by atoms with Crippen LogP contribution in [0.2, 0.25) is 0 Å².